The molecule has 0 bridgehead atoms. The van der Waals surface area contributed by atoms with Crippen LogP contribution in [0.25, 0.3) is 0 Å². The van der Waals surface area contributed by atoms with E-state index in [1.54, 1.807) is 11.1 Å². The molecule has 0 aliphatic heterocycles. The lowest BCUT2D eigenvalue weighted by Gasteiger charge is -2.19. The summed E-state index contributed by atoms with van der Waals surface area (Å²) in [6.07, 6.45) is 7.10. The van der Waals surface area contributed by atoms with E-state index in [1.165, 1.54) is 12.8 Å². The van der Waals surface area contributed by atoms with Gasteiger partial charge in [0.05, 0.1) is 0 Å². The smallest absolute Gasteiger partial charge is 0.0101 e. The minimum atomic E-state index is 0.427. The fraction of sp³-hybridized carbons (Fsp3) is 0.636. The van der Waals surface area contributed by atoms with Gasteiger partial charge in [-0.2, -0.15) is 0 Å². The van der Waals surface area contributed by atoms with Crippen LogP contribution in [0.3, 0.4) is 0 Å². The predicted molar refractivity (Wildman–Crippen MR) is 50.5 cm³/mol. The van der Waals surface area contributed by atoms with Gasteiger partial charge >= 0.3 is 0 Å². The molecule has 1 rings (SSSR count). The highest BCUT2D eigenvalue weighted by Crippen LogP contribution is 2.45. The average Bonchev–Trinajstić information content (AvgIpc) is 2.24. The second-order valence-electron chi connectivity index (χ2n) is 3.90. The summed E-state index contributed by atoms with van der Waals surface area (Å²) >= 11 is 0. The normalized spacial score (nSPS) is 30.2. The van der Waals surface area contributed by atoms with Gasteiger partial charge in [-0.3, -0.25) is 0 Å². The molecule has 0 heteroatoms. The summed E-state index contributed by atoms with van der Waals surface area (Å²) in [7, 11) is 0. The van der Waals surface area contributed by atoms with Crippen LogP contribution in [0.15, 0.2) is 23.3 Å². The molecule has 0 N–H and O–H groups in total. The second-order valence-corrected chi connectivity index (χ2v) is 3.90. The first-order valence-corrected chi connectivity index (χ1v) is 4.44. The van der Waals surface area contributed by atoms with Crippen molar-refractivity contribution in [1.82, 2.24) is 0 Å². The summed E-state index contributed by atoms with van der Waals surface area (Å²) in [6, 6.07) is 0. The maximum absolute atomic E-state index is 2.33. The molecule has 0 atom stereocenters. The molecular weight excluding hydrogens is 132 g/mol. The second kappa shape index (κ2) is 2.84. The molecule has 0 saturated heterocycles. The lowest BCUT2D eigenvalue weighted by Crippen LogP contribution is -2.07. The molecule has 1 aliphatic carbocycles. The Morgan fingerprint density at radius 3 is 2.18 bits per heavy atom. The minimum Gasteiger partial charge on any atom is -0.0842 e. The van der Waals surface area contributed by atoms with Gasteiger partial charge in [0.1, 0.15) is 0 Å². The monoisotopic (exact) mass is 150 g/mol. The molecule has 62 valence electrons. The molecule has 0 heterocycles. The Hall–Kier alpha value is -0.520. The van der Waals surface area contributed by atoms with E-state index in [4.69, 9.17) is 0 Å². The third-order valence-electron chi connectivity index (χ3n) is 2.73. The summed E-state index contributed by atoms with van der Waals surface area (Å²) < 4.78 is 0. The van der Waals surface area contributed by atoms with Crippen molar-refractivity contribution in [3.8, 4) is 0 Å². The minimum absolute atomic E-state index is 0.427. The van der Waals surface area contributed by atoms with Crippen molar-refractivity contribution in [3.63, 3.8) is 0 Å². The van der Waals surface area contributed by atoms with Crippen LogP contribution in [0, 0.1) is 5.41 Å². The highest BCUT2D eigenvalue weighted by atomic mass is 14.4. The van der Waals surface area contributed by atoms with Gasteiger partial charge in [0, 0.05) is 0 Å². The van der Waals surface area contributed by atoms with Crippen molar-refractivity contribution in [2.75, 3.05) is 0 Å². The number of hydrogen-bond acceptors (Lipinski definition) is 0. The standard InChI is InChI=1S/C11H18/c1-5-9-7-8-11(3,4)10(9)6-2/h5-6H,7-8H2,1-4H3/b9-5-,10-6-. The van der Waals surface area contributed by atoms with Gasteiger partial charge in [0.15, 0.2) is 0 Å². The van der Waals surface area contributed by atoms with Gasteiger partial charge in [-0.05, 0) is 43.3 Å². The van der Waals surface area contributed by atoms with E-state index in [-0.39, 0.29) is 0 Å². The van der Waals surface area contributed by atoms with Crippen LogP contribution in [-0.4, -0.2) is 0 Å². The first-order chi connectivity index (χ1) is 5.11. The van der Waals surface area contributed by atoms with Crippen molar-refractivity contribution < 1.29 is 0 Å². The molecular formula is C11H18. The highest BCUT2D eigenvalue weighted by molar-refractivity contribution is 5.39. The van der Waals surface area contributed by atoms with Crippen molar-refractivity contribution in [3.05, 3.63) is 23.3 Å². The molecule has 0 radical (unpaired) electrons. The van der Waals surface area contributed by atoms with Crippen LogP contribution in [0.4, 0.5) is 0 Å². The van der Waals surface area contributed by atoms with Crippen molar-refractivity contribution in [2.24, 2.45) is 5.41 Å². The number of rotatable bonds is 0. The van der Waals surface area contributed by atoms with Crippen molar-refractivity contribution in [1.29, 1.82) is 0 Å². The maximum atomic E-state index is 2.33. The molecule has 0 unspecified atom stereocenters. The van der Waals surface area contributed by atoms with E-state index in [2.05, 4.69) is 39.8 Å². The molecule has 1 fully saturated rings. The molecule has 0 aromatic carbocycles. The molecule has 1 aliphatic rings. The third kappa shape index (κ3) is 1.40. The summed E-state index contributed by atoms with van der Waals surface area (Å²) in [5, 5.41) is 0. The van der Waals surface area contributed by atoms with Gasteiger partial charge in [-0.1, -0.05) is 26.0 Å². The Kier molecular flexibility index (Phi) is 2.22. The number of hydrogen-bond donors (Lipinski definition) is 0. The molecule has 1 saturated carbocycles. The summed E-state index contributed by atoms with van der Waals surface area (Å²) in [4.78, 5) is 0. The molecule has 0 aromatic heterocycles. The molecule has 0 nitrogen and oxygen atoms in total. The Morgan fingerprint density at radius 2 is 1.82 bits per heavy atom. The lowest BCUT2D eigenvalue weighted by molar-refractivity contribution is 0.461. The van der Waals surface area contributed by atoms with Crippen LogP contribution in [0.1, 0.15) is 40.5 Å². The highest BCUT2D eigenvalue weighted by Gasteiger charge is 2.30. The molecule has 0 aromatic rings. The Morgan fingerprint density at radius 1 is 1.18 bits per heavy atom. The van der Waals surface area contributed by atoms with Crippen LogP contribution in [0.2, 0.25) is 0 Å². The average molecular weight is 150 g/mol. The first-order valence-electron chi connectivity index (χ1n) is 4.44. The van der Waals surface area contributed by atoms with Crippen LogP contribution >= 0.6 is 0 Å². The van der Waals surface area contributed by atoms with Gasteiger partial charge in [-0.15, -0.1) is 0 Å². The predicted octanol–water partition coefficient (Wildman–Crippen LogP) is 3.70. The first kappa shape index (κ1) is 8.58. The van der Waals surface area contributed by atoms with E-state index < -0.39 is 0 Å². The number of allylic oxidation sites excluding steroid dienone is 4. The van der Waals surface area contributed by atoms with E-state index in [0.717, 1.165) is 0 Å². The zero-order chi connectivity index (χ0) is 8.48. The van der Waals surface area contributed by atoms with Crippen molar-refractivity contribution >= 4 is 0 Å². The van der Waals surface area contributed by atoms with Crippen LogP contribution < -0.4 is 0 Å². The fourth-order valence-electron chi connectivity index (χ4n) is 2.03. The molecule has 11 heavy (non-hydrogen) atoms. The summed E-state index contributed by atoms with van der Waals surface area (Å²) in [5.41, 5.74) is 3.54. The quantitative estimate of drug-likeness (QED) is 0.494. The zero-order valence-corrected chi connectivity index (χ0v) is 8.07. The van der Waals surface area contributed by atoms with E-state index >= 15 is 0 Å². The molecule has 0 spiro atoms. The van der Waals surface area contributed by atoms with Crippen LogP contribution in [-0.2, 0) is 0 Å². The Balaban J connectivity index is 2.99. The van der Waals surface area contributed by atoms with E-state index in [1.807, 2.05) is 0 Å². The largest absolute Gasteiger partial charge is 0.0842 e. The SMILES string of the molecule is C/C=C1/CCC(C)(C)/C1=C\C. The fourth-order valence-corrected chi connectivity index (χ4v) is 2.03. The van der Waals surface area contributed by atoms with Crippen LogP contribution in [0.5, 0.6) is 0 Å². The van der Waals surface area contributed by atoms with Gasteiger partial charge in [-0.25, -0.2) is 0 Å². The van der Waals surface area contributed by atoms with Gasteiger partial charge in [0.2, 0.25) is 0 Å². The van der Waals surface area contributed by atoms with E-state index in [0.29, 0.717) is 5.41 Å². The Labute approximate surface area is 70.0 Å². The summed E-state index contributed by atoms with van der Waals surface area (Å²) in [6.45, 7) is 8.95. The van der Waals surface area contributed by atoms with Crippen molar-refractivity contribution in [2.45, 2.75) is 40.5 Å². The van der Waals surface area contributed by atoms with Gasteiger partial charge in [0.25, 0.3) is 0 Å². The Bertz CT molecular complexity index is 204. The topological polar surface area (TPSA) is 0 Å². The molecule has 0 amide bonds. The third-order valence-corrected chi connectivity index (χ3v) is 2.73. The maximum Gasteiger partial charge on any atom is -0.0101 e. The summed E-state index contributed by atoms with van der Waals surface area (Å²) in [5.74, 6) is 0. The van der Waals surface area contributed by atoms with Gasteiger partial charge < -0.3 is 0 Å². The van der Waals surface area contributed by atoms with E-state index in [9.17, 15) is 0 Å². The zero-order valence-electron chi connectivity index (χ0n) is 8.07. The lowest BCUT2D eigenvalue weighted by atomic mass is 9.86.